The van der Waals surface area contributed by atoms with Crippen LogP contribution >= 0.6 is 0 Å². The van der Waals surface area contributed by atoms with E-state index in [1.807, 2.05) is 33.1 Å². The van der Waals surface area contributed by atoms with E-state index in [1.54, 1.807) is 7.11 Å². The van der Waals surface area contributed by atoms with Crippen LogP contribution in [0.2, 0.25) is 147 Å². The number of ketones is 1. The maximum absolute atomic E-state index is 15.5. The number of esters is 2. The molecule has 24 atom stereocenters. The molecule has 0 aromatic heterocycles. The number of rotatable bonds is 51. The van der Waals surface area contributed by atoms with Gasteiger partial charge in [-0.1, -0.05) is 234 Å². The van der Waals surface area contributed by atoms with Gasteiger partial charge in [0.2, 0.25) is 0 Å². The number of hydrogen-bond acceptors (Lipinski definition) is 22. The molecule has 0 saturated carbocycles. The predicted octanol–water partition coefficient (Wildman–Crippen LogP) is 28.0. The topological polar surface area (TPSA) is 234 Å². The molecule has 6 aliphatic rings. The number of ether oxygens (including phenoxy) is 10. The van der Waals surface area contributed by atoms with Crippen molar-refractivity contribution in [2.75, 3.05) is 14.2 Å². The van der Waals surface area contributed by atoms with Gasteiger partial charge in [0.25, 0.3) is 14.3 Å². The Balaban J connectivity index is 1.35. The smallest absolute Gasteiger partial charge is 0.302 e. The molecule has 30 heteroatoms. The standard InChI is InChI=1S/C109H206O22Si8/c1-46-53-57-86(124-134(40,41)103(22,23)24)60-77(14)61-95-101(129-133(37,38)39)99(128-132(34,35)36)82(19)100(118-95)102(130-137(47-2,48-3)49-4)109(115-33)72-96(126-136(44,45)105(28,29)30)81(18)94(123-109)59-56-54-55-58-85-63-92(125-135(42,43)104(25,26)27)71-107(119-85)69-89(114-32)64-87(120-107)66-93(112)80(17)98(117-84(21)111)79(16)78(15)62-91-68-106(31,131-138(50-5,51-6)52-7)73-108(122-91)70-90(116-83(20)110)65-88(121-108)67-97(113)127-139(74(8)9,75(10)11)76(12)13/h46,53,55,57-58,74-76,79-82,85-92,94-96,98-102H,1,14-15,47-52,54,56,59-73H2,2-13,16-45H3/b57-53+,58-55-/t79-,80-,81+,82-,85+,86-,87+,88-,89+,90+,91+,92+,94-,95-,96+,98+,99-,100-,101-,102+,106+,107-,108-,109-/m1/s1. The van der Waals surface area contributed by atoms with Gasteiger partial charge in [-0.15, -0.1) is 0 Å². The van der Waals surface area contributed by atoms with Crippen LogP contribution in [0.1, 0.15) is 303 Å². The Morgan fingerprint density at radius 3 is 1.57 bits per heavy atom. The molecule has 0 aliphatic carbocycles. The van der Waals surface area contributed by atoms with Crippen LogP contribution in [0.15, 0.2) is 61.3 Å². The van der Waals surface area contributed by atoms with Crippen molar-refractivity contribution in [1.82, 2.24) is 0 Å². The van der Waals surface area contributed by atoms with Crippen molar-refractivity contribution in [3.8, 4) is 0 Å². The lowest BCUT2D eigenvalue weighted by atomic mass is 9.78. The van der Waals surface area contributed by atoms with E-state index in [9.17, 15) is 14.4 Å². The second-order valence-corrected chi connectivity index (χ2v) is 88.8. The van der Waals surface area contributed by atoms with Crippen molar-refractivity contribution in [1.29, 1.82) is 0 Å². The molecule has 0 N–H and O–H groups in total. The van der Waals surface area contributed by atoms with Crippen molar-refractivity contribution in [3.05, 3.63) is 61.3 Å². The summed E-state index contributed by atoms with van der Waals surface area (Å²) >= 11 is 0. The van der Waals surface area contributed by atoms with Crippen LogP contribution in [0.3, 0.4) is 0 Å². The highest BCUT2D eigenvalue weighted by Crippen LogP contribution is 2.55. The lowest BCUT2D eigenvalue weighted by Gasteiger charge is -2.57. The Hall–Kier alpha value is -2.08. The van der Waals surface area contributed by atoms with Crippen LogP contribution in [0, 0.1) is 23.7 Å². The molecule has 0 unspecified atom stereocenters. The molecule has 6 heterocycles. The first-order valence-electron chi connectivity index (χ1n) is 54.1. The Bertz CT molecular complexity index is 3940. The van der Waals surface area contributed by atoms with Crippen molar-refractivity contribution in [3.63, 3.8) is 0 Å². The summed E-state index contributed by atoms with van der Waals surface area (Å²) in [5.41, 5.74) is 1.47. The maximum atomic E-state index is 15.5. The monoisotopic (exact) mass is 2090 g/mol. The maximum Gasteiger partial charge on any atom is 0.302 e. The molecule has 6 saturated heterocycles. The second kappa shape index (κ2) is 50.7. The second-order valence-electron chi connectivity index (χ2n) is 50.8. The number of carbonyl (C=O) groups is 4. The molecule has 139 heavy (non-hydrogen) atoms. The molecular formula is C109H206O22Si8. The summed E-state index contributed by atoms with van der Waals surface area (Å²) in [5.74, 6) is -6.91. The number of hydrogen-bond donors (Lipinski definition) is 0. The van der Waals surface area contributed by atoms with E-state index in [0.29, 0.717) is 82.6 Å². The minimum atomic E-state index is -2.64. The molecule has 0 amide bonds. The minimum Gasteiger partial charge on any atom is -0.518 e. The lowest BCUT2D eigenvalue weighted by molar-refractivity contribution is -0.353. The van der Waals surface area contributed by atoms with Crippen LogP contribution in [-0.2, 0) is 102 Å². The van der Waals surface area contributed by atoms with Crippen molar-refractivity contribution in [2.45, 2.75) is 570 Å². The van der Waals surface area contributed by atoms with Gasteiger partial charge in [0.05, 0.1) is 97.3 Å². The van der Waals surface area contributed by atoms with E-state index >= 15 is 4.79 Å². The van der Waals surface area contributed by atoms with Gasteiger partial charge < -0.3 is 82.8 Å². The normalized spacial score (nSPS) is 30.6. The zero-order valence-corrected chi connectivity index (χ0v) is 104. The van der Waals surface area contributed by atoms with Gasteiger partial charge in [-0.05, 0) is 192 Å². The van der Waals surface area contributed by atoms with E-state index in [0.717, 1.165) is 48.3 Å². The summed E-state index contributed by atoms with van der Waals surface area (Å²) in [5, 5.41) is -0.220. The average molecular weight is 2090 g/mol. The third-order valence-corrected chi connectivity index (χ3v) is 64.6. The molecule has 6 aliphatic heterocycles. The summed E-state index contributed by atoms with van der Waals surface area (Å²) in [6.45, 7) is 102. The molecule has 0 bridgehead atoms. The Morgan fingerprint density at radius 1 is 0.540 bits per heavy atom. The van der Waals surface area contributed by atoms with E-state index in [1.165, 1.54) is 13.8 Å². The Labute approximate surface area is 855 Å². The first-order chi connectivity index (χ1) is 63.8. The molecule has 0 aromatic rings. The number of carbonyl (C=O) groups excluding carboxylic acids is 4. The van der Waals surface area contributed by atoms with Crippen LogP contribution < -0.4 is 0 Å². The fourth-order valence-electron chi connectivity index (χ4n) is 22.6. The van der Waals surface area contributed by atoms with Gasteiger partial charge in [-0.25, -0.2) is 0 Å². The molecule has 6 rings (SSSR count). The Kier molecular flexibility index (Phi) is 45.8. The number of methoxy groups -OCH3 is 2. The van der Waals surface area contributed by atoms with Gasteiger partial charge in [-0.2, -0.15) is 0 Å². The molecular weight excluding hydrogens is 1890 g/mol. The summed E-state index contributed by atoms with van der Waals surface area (Å²) < 4.78 is 131. The summed E-state index contributed by atoms with van der Waals surface area (Å²) in [4.78, 5) is 56.6. The van der Waals surface area contributed by atoms with Gasteiger partial charge >= 0.3 is 11.9 Å². The van der Waals surface area contributed by atoms with Crippen molar-refractivity contribution >= 4 is 90.2 Å². The number of Topliss-reactive ketones (excluding diaryl/α,β-unsaturated/α-hetero) is 1. The SMILES string of the molecule is C=C/C=C/[C@H](CC(=C)C[C@H]1O[C@@H]([C@H](O[Si](CC)(CC)CC)[C@@]2(OC)C[C@H](O[Si](C)(C)C(C)(C)C)[C@@H](C)[C@@H](CCC/C=C\[C@H]3C[C@H](O[Si](C)(C)C(C)(C)C)C[C@]4(C[C@@H](OC)C[C@@H](CC(=O)[C@@H](C)[C@@H](OC(C)=O)[C@H](C)C(=C)C[C@H]5C[C@](C)(O[Si](CC)(CC)CC)C[C@@]6(C[C@@H](OC(C)=O)C[C@H](CC(=O)O[Si](C(C)C)(C(C)C)C(C)C)O6)O5)O4)O3)O2)[C@H](C)[C@@H](O[Si](C)(C)C)[C@@H]1O[Si](C)(C)C)O[Si](C)(C)C(C)(C)C. The largest absolute Gasteiger partial charge is 0.518 e. The van der Waals surface area contributed by atoms with E-state index in [2.05, 4.69) is 270 Å². The van der Waals surface area contributed by atoms with Crippen molar-refractivity contribution in [2.24, 2.45) is 23.7 Å². The van der Waals surface area contributed by atoms with Crippen LogP contribution in [-0.4, -0.2) is 225 Å². The highest BCUT2D eigenvalue weighted by molar-refractivity contribution is 6.79. The van der Waals surface area contributed by atoms with Crippen LogP contribution in [0.4, 0.5) is 0 Å². The zero-order valence-electron chi connectivity index (χ0n) is 96.0. The van der Waals surface area contributed by atoms with Gasteiger partial charge in [0.15, 0.2) is 75.6 Å². The summed E-state index contributed by atoms with van der Waals surface area (Å²) in [6.07, 6.45) is 9.83. The van der Waals surface area contributed by atoms with Gasteiger partial charge in [0.1, 0.15) is 24.1 Å². The van der Waals surface area contributed by atoms with Gasteiger partial charge in [0, 0.05) is 110 Å². The quantitative estimate of drug-likeness (QED) is 0.0181. The van der Waals surface area contributed by atoms with E-state index in [-0.39, 0.29) is 118 Å². The zero-order chi connectivity index (χ0) is 106. The Morgan fingerprint density at radius 2 is 1.06 bits per heavy atom. The fraction of sp³-hybridized carbons (Fsp3) is 0.872. The highest BCUT2D eigenvalue weighted by Gasteiger charge is 2.64. The highest BCUT2D eigenvalue weighted by atomic mass is 28.4. The fourth-order valence-corrected chi connectivity index (χ4v) is 40.1. The number of allylic oxidation sites excluding steroid dienone is 3. The van der Waals surface area contributed by atoms with Gasteiger partial charge in [-0.3, -0.25) is 19.2 Å². The van der Waals surface area contributed by atoms with E-state index in [4.69, 9.17) is 95.9 Å². The summed E-state index contributed by atoms with van der Waals surface area (Å²) in [6, 6.07) is 5.40. The molecule has 0 aromatic carbocycles. The van der Waals surface area contributed by atoms with Crippen LogP contribution in [0.25, 0.3) is 0 Å². The van der Waals surface area contributed by atoms with E-state index < -0.39 is 174 Å². The number of unbranched alkanes of at least 4 members (excludes halogenated alkanes) is 1. The molecule has 806 valence electrons. The molecule has 22 nitrogen and oxygen atoms in total. The summed E-state index contributed by atoms with van der Waals surface area (Å²) in [7, 11) is -15.8. The first-order valence-corrected chi connectivity index (χ1v) is 76.8. The first kappa shape index (κ1) is 126. The average Bonchev–Trinajstić information content (AvgIpc) is 0.734. The van der Waals surface area contributed by atoms with Crippen LogP contribution in [0.5, 0.6) is 0 Å². The van der Waals surface area contributed by atoms with Crippen molar-refractivity contribution < 1.29 is 102 Å². The minimum absolute atomic E-state index is 0.00164. The third-order valence-electron chi connectivity index (χ3n) is 33.6. The predicted molar refractivity (Wildman–Crippen MR) is 586 cm³/mol. The lowest BCUT2D eigenvalue weighted by Crippen LogP contribution is -2.70. The molecule has 6 fully saturated rings. The third kappa shape index (κ3) is 33.7. The molecule has 2 spiro atoms. The molecule has 0 radical (unpaired) electrons.